The molecule has 0 aromatic carbocycles. The summed E-state index contributed by atoms with van der Waals surface area (Å²) in [5.41, 5.74) is 0. The van der Waals surface area contributed by atoms with Crippen molar-refractivity contribution in [2.24, 2.45) is 0 Å². The minimum atomic E-state index is 0.0229. The van der Waals surface area contributed by atoms with E-state index in [0.29, 0.717) is 6.04 Å². The Bertz CT molecular complexity index is 251. The van der Waals surface area contributed by atoms with E-state index in [0.717, 1.165) is 45.1 Å². The zero-order chi connectivity index (χ0) is 14.1. The SMILES string of the molecule is CCCC(C)NC(=O)COC1CCC(NCC)CC1. The Morgan fingerprint density at radius 1 is 1.26 bits per heavy atom. The van der Waals surface area contributed by atoms with Crippen LogP contribution in [0.15, 0.2) is 0 Å². The van der Waals surface area contributed by atoms with Gasteiger partial charge < -0.3 is 15.4 Å². The lowest BCUT2D eigenvalue weighted by atomic mass is 9.93. The van der Waals surface area contributed by atoms with Crippen molar-refractivity contribution in [1.82, 2.24) is 10.6 Å². The molecule has 4 heteroatoms. The Morgan fingerprint density at radius 3 is 2.53 bits per heavy atom. The molecule has 4 nitrogen and oxygen atoms in total. The van der Waals surface area contributed by atoms with Crippen molar-refractivity contribution in [3.63, 3.8) is 0 Å². The quantitative estimate of drug-likeness (QED) is 0.711. The molecule has 2 N–H and O–H groups in total. The molecule has 0 aromatic rings. The van der Waals surface area contributed by atoms with Gasteiger partial charge in [0.2, 0.25) is 5.91 Å². The molecule has 1 unspecified atom stereocenters. The Morgan fingerprint density at radius 2 is 1.95 bits per heavy atom. The highest BCUT2D eigenvalue weighted by Gasteiger charge is 2.21. The lowest BCUT2D eigenvalue weighted by Gasteiger charge is -2.28. The molecule has 112 valence electrons. The van der Waals surface area contributed by atoms with Gasteiger partial charge in [-0.1, -0.05) is 20.3 Å². The molecule has 0 saturated heterocycles. The van der Waals surface area contributed by atoms with Crippen molar-refractivity contribution in [1.29, 1.82) is 0 Å². The maximum absolute atomic E-state index is 11.7. The topological polar surface area (TPSA) is 50.4 Å². The third-order valence-corrected chi connectivity index (χ3v) is 3.75. The van der Waals surface area contributed by atoms with Crippen molar-refractivity contribution >= 4 is 5.91 Å². The molecule has 0 aromatic heterocycles. The number of amides is 1. The van der Waals surface area contributed by atoms with E-state index >= 15 is 0 Å². The van der Waals surface area contributed by atoms with Gasteiger partial charge in [-0.3, -0.25) is 4.79 Å². The van der Waals surface area contributed by atoms with Crippen LogP contribution in [0.4, 0.5) is 0 Å². The maximum atomic E-state index is 11.7. The van der Waals surface area contributed by atoms with E-state index in [1.54, 1.807) is 0 Å². The number of carbonyl (C=O) groups excluding carboxylic acids is 1. The molecule has 19 heavy (non-hydrogen) atoms. The van der Waals surface area contributed by atoms with Crippen LogP contribution in [0.2, 0.25) is 0 Å². The average Bonchev–Trinajstić information content (AvgIpc) is 2.38. The maximum Gasteiger partial charge on any atom is 0.246 e. The molecule has 1 saturated carbocycles. The summed E-state index contributed by atoms with van der Waals surface area (Å²) in [6, 6.07) is 0.897. The first kappa shape index (κ1) is 16.4. The summed E-state index contributed by atoms with van der Waals surface area (Å²) in [6.45, 7) is 7.56. The van der Waals surface area contributed by atoms with E-state index in [9.17, 15) is 4.79 Å². The van der Waals surface area contributed by atoms with Gasteiger partial charge in [0.1, 0.15) is 6.61 Å². The molecular formula is C15H30N2O2. The lowest BCUT2D eigenvalue weighted by Crippen LogP contribution is -2.38. The van der Waals surface area contributed by atoms with Crippen molar-refractivity contribution < 1.29 is 9.53 Å². The first-order chi connectivity index (χ1) is 9.15. The number of carbonyl (C=O) groups is 1. The average molecular weight is 270 g/mol. The first-order valence-corrected chi connectivity index (χ1v) is 7.80. The van der Waals surface area contributed by atoms with Crippen LogP contribution in [0.1, 0.15) is 59.3 Å². The van der Waals surface area contributed by atoms with Gasteiger partial charge in [-0.25, -0.2) is 0 Å². The smallest absolute Gasteiger partial charge is 0.246 e. The first-order valence-electron chi connectivity index (χ1n) is 7.80. The second kappa shape index (κ2) is 9.32. The normalized spacial score (nSPS) is 25.0. The fraction of sp³-hybridized carbons (Fsp3) is 0.933. The van der Waals surface area contributed by atoms with Gasteiger partial charge in [-0.15, -0.1) is 0 Å². The van der Waals surface area contributed by atoms with E-state index in [1.165, 1.54) is 0 Å². The zero-order valence-corrected chi connectivity index (χ0v) is 12.7. The molecule has 1 amide bonds. The van der Waals surface area contributed by atoms with Crippen LogP contribution in [0.5, 0.6) is 0 Å². The van der Waals surface area contributed by atoms with Gasteiger partial charge in [-0.05, 0) is 45.6 Å². The van der Waals surface area contributed by atoms with Crippen molar-refractivity contribution in [3.05, 3.63) is 0 Å². The standard InChI is InChI=1S/C15H30N2O2/c1-4-6-12(3)17-15(18)11-19-14-9-7-13(8-10-14)16-5-2/h12-14,16H,4-11H2,1-3H3,(H,17,18). The van der Waals surface area contributed by atoms with E-state index < -0.39 is 0 Å². The van der Waals surface area contributed by atoms with Crippen LogP contribution in [0, 0.1) is 0 Å². The minimum absolute atomic E-state index is 0.0229. The summed E-state index contributed by atoms with van der Waals surface area (Å²) in [4.78, 5) is 11.7. The summed E-state index contributed by atoms with van der Waals surface area (Å²) >= 11 is 0. The molecule has 0 spiro atoms. The third-order valence-electron chi connectivity index (χ3n) is 3.75. The molecule has 1 aliphatic rings. The fourth-order valence-electron chi connectivity index (χ4n) is 2.74. The molecule has 0 heterocycles. The summed E-state index contributed by atoms with van der Waals surface area (Å²) in [6.07, 6.45) is 6.84. The third kappa shape index (κ3) is 6.92. The molecule has 1 rings (SSSR count). The van der Waals surface area contributed by atoms with E-state index in [-0.39, 0.29) is 24.7 Å². The molecule has 1 atom stereocenters. The largest absolute Gasteiger partial charge is 0.368 e. The van der Waals surface area contributed by atoms with Gasteiger partial charge in [0.15, 0.2) is 0 Å². The molecule has 0 bridgehead atoms. The molecule has 0 aliphatic heterocycles. The van der Waals surface area contributed by atoms with Crippen LogP contribution in [-0.4, -0.2) is 37.2 Å². The minimum Gasteiger partial charge on any atom is -0.368 e. The van der Waals surface area contributed by atoms with Crippen LogP contribution in [0.3, 0.4) is 0 Å². The Balaban J connectivity index is 2.11. The predicted octanol–water partition coefficient (Wildman–Crippen LogP) is 2.23. The number of hydrogen-bond donors (Lipinski definition) is 2. The summed E-state index contributed by atoms with van der Waals surface area (Å²) in [5.74, 6) is 0.0229. The van der Waals surface area contributed by atoms with Gasteiger partial charge in [-0.2, -0.15) is 0 Å². The number of ether oxygens (including phenoxy) is 1. The second-order valence-electron chi connectivity index (χ2n) is 5.60. The number of hydrogen-bond acceptors (Lipinski definition) is 3. The highest BCUT2D eigenvalue weighted by Crippen LogP contribution is 2.20. The van der Waals surface area contributed by atoms with E-state index in [2.05, 4.69) is 24.5 Å². The van der Waals surface area contributed by atoms with Crippen LogP contribution >= 0.6 is 0 Å². The molecule has 1 fully saturated rings. The fourth-order valence-corrected chi connectivity index (χ4v) is 2.74. The van der Waals surface area contributed by atoms with Crippen molar-refractivity contribution in [3.8, 4) is 0 Å². The monoisotopic (exact) mass is 270 g/mol. The predicted molar refractivity (Wildman–Crippen MR) is 78.2 cm³/mol. The molecular weight excluding hydrogens is 240 g/mol. The summed E-state index contributed by atoms with van der Waals surface area (Å²) in [7, 11) is 0. The van der Waals surface area contributed by atoms with Crippen LogP contribution < -0.4 is 10.6 Å². The van der Waals surface area contributed by atoms with Crippen LogP contribution in [0.25, 0.3) is 0 Å². The highest BCUT2D eigenvalue weighted by molar-refractivity contribution is 5.77. The lowest BCUT2D eigenvalue weighted by molar-refractivity contribution is -0.129. The van der Waals surface area contributed by atoms with Gasteiger partial charge >= 0.3 is 0 Å². The van der Waals surface area contributed by atoms with Crippen molar-refractivity contribution in [2.45, 2.75) is 77.5 Å². The van der Waals surface area contributed by atoms with Gasteiger partial charge in [0.05, 0.1) is 6.10 Å². The van der Waals surface area contributed by atoms with E-state index in [4.69, 9.17) is 4.74 Å². The Hall–Kier alpha value is -0.610. The molecule has 0 radical (unpaired) electrons. The number of nitrogens with one attached hydrogen (secondary N) is 2. The summed E-state index contributed by atoms with van der Waals surface area (Å²) in [5, 5.41) is 6.45. The van der Waals surface area contributed by atoms with E-state index in [1.807, 2.05) is 6.92 Å². The zero-order valence-electron chi connectivity index (χ0n) is 12.7. The summed E-state index contributed by atoms with van der Waals surface area (Å²) < 4.78 is 5.71. The van der Waals surface area contributed by atoms with Crippen molar-refractivity contribution in [2.75, 3.05) is 13.2 Å². The molecule has 1 aliphatic carbocycles. The highest BCUT2D eigenvalue weighted by atomic mass is 16.5. The Labute approximate surface area is 117 Å². The number of rotatable bonds is 8. The second-order valence-corrected chi connectivity index (χ2v) is 5.60. The van der Waals surface area contributed by atoms with Crippen LogP contribution in [-0.2, 0) is 9.53 Å². The Kier molecular flexibility index (Phi) is 8.07. The van der Waals surface area contributed by atoms with Gasteiger partial charge in [0.25, 0.3) is 0 Å². The van der Waals surface area contributed by atoms with Gasteiger partial charge in [0, 0.05) is 12.1 Å².